The first-order chi connectivity index (χ1) is 30.2. The lowest BCUT2D eigenvalue weighted by Crippen LogP contribution is -2.50. The van der Waals surface area contributed by atoms with Crippen LogP contribution >= 0.6 is 0 Å². The molecule has 338 valence electrons. The lowest BCUT2D eigenvalue weighted by molar-refractivity contribution is -0.160. The summed E-state index contributed by atoms with van der Waals surface area (Å²) in [6.07, 6.45) is -1.68. The molecule has 4 aromatic rings. The number of hydrogen-bond donors (Lipinski definition) is 3. The third-order valence-corrected chi connectivity index (χ3v) is 9.07. The molecule has 0 aliphatic carbocycles. The van der Waals surface area contributed by atoms with E-state index in [9.17, 15) is 24.0 Å². The van der Waals surface area contributed by atoms with Gasteiger partial charge in [0.15, 0.2) is 30.4 Å². The topological polar surface area (TPSA) is 205 Å². The minimum atomic E-state index is -1.43. The van der Waals surface area contributed by atoms with E-state index < -0.39 is 60.6 Å². The summed E-state index contributed by atoms with van der Waals surface area (Å²) in [6, 6.07) is 21.6. The number of carbonyl (C=O) groups is 5. The van der Waals surface area contributed by atoms with E-state index in [-0.39, 0.29) is 60.4 Å². The van der Waals surface area contributed by atoms with Crippen LogP contribution < -0.4 is 30.2 Å². The first-order valence-electron chi connectivity index (χ1n) is 19.8. The number of benzene rings is 4. The quantitative estimate of drug-likeness (QED) is 0.0359. The smallest absolute Gasteiger partial charge is 0.408 e. The molecule has 0 spiro atoms. The maximum atomic E-state index is 14.1. The van der Waals surface area contributed by atoms with Gasteiger partial charge in [-0.15, -0.1) is 0 Å². The van der Waals surface area contributed by atoms with E-state index in [0.717, 1.165) is 11.1 Å². The first kappa shape index (κ1) is 48.8. The Kier molecular flexibility index (Phi) is 18.6. The number of ether oxygens (including phenoxy) is 9. The van der Waals surface area contributed by atoms with Gasteiger partial charge in [-0.3, -0.25) is 4.79 Å². The summed E-state index contributed by atoms with van der Waals surface area (Å²) in [5.74, 6) is -1.70. The molecular formula is C46H55N3O14. The fourth-order valence-corrected chi connectivity index (χ4v) is 5.93. The van der Waals surface area contributed by atoms with Crippen molar-refractivity contribution in [1.82, 2.24) is 16.0 Å². The van der Waals surface area contributed by atoms with E-state index in [1.165, 1.54) is 58.8 Å². The highest BCUT2D eigenvalue weighted by atomic mass is 16.7. The zero-order valence-corrected chi connectivity index (χ0v) is 36.6. The van der Waals surface area contributed by atoms with Crippen LogP contribution in [0.2, 0.25) is 0 Å². The van der Waals surface area contributed by atoms with Gasteiger partial charge in [-0.25, -0.2) is 19.2 Å². The van der Waals surface area contributed by atoms with Gasteiger partial charge in [-0.1, -0.05) is 66.7 Å². The third kappa shape index (κ3) is 15.2. The van der Waals surface area contributed by atoms with Crippen LogP contribution in [0.4, 0.5) is 9.59 Å². The van der Waals surface area contributed by atoms with Crippen LogP contribution in [0.15, 0.2) is 91.0 Å². The Morgan fingerprint density at radius 2 is 1.24 bits per heavy atom. The van der Waals surface area contributed by atoms with Gasteiger partial charge < -0.3 is 58.6 Å². The average Bonchev–Trinajstić information content (AvgIpc) is 3.26. The zero-order chi connectivity index (χ0) is 45.9. The number of hydrogen-bond acceptors (Lipinski definition) is 14. The van der Waals surface area contributed by atoms with Crippen LogP contribution in [-0.4, -0.2) is 90.1 Å². The summed E-state index contributed by atoms with van der Waals surface area (Å²) in [6.45, 7) is 6.70. The van der Waals surface area contributed by atoms with Crippen LogP contribution in [0.3, 0.4) is 0 Å². The van der Waals surface area contributed by atoms with Gasteiger partial charge in [0.1, 0.15) is 29.7 Å². The molecule has 3 N–H and O–H groups in total. The number of rotatable bonds is 21. The van der Waals surface area contributed by atoms with Gasteiger partial charge in [-0.05, 0) is 74.2 Å². The van der Waals surface area contributed by atoms with Gasteiger partial charge in [0.25, 0.3) is 0 Å². The minimum absolute atomic E-state index is 0.0357. The van der Waals surface area contributed by atoms with Gasteiger partial charge in [0.2, 0.25) is 5.91 Å². The molecule has 17 nitrogen and oxygen atoms in total. The minimum Gasteiger partial charge on any atom is -0.496 e. The lowest BCUT2D eigenvalue weighted by Gasteiger charge is -2.24. The van der Waals surface area contributed by atoms with Crippen molar-refractivity contribution in [3.63, 3.8) is 0 Å². The normalized spacial score (nSPS) is 12.4. The number of methoxy groups -OCH3 is 4. The summed E-state index contributed by atoms with van der Waals surface area (Å²) in [5.41, 5.74) is 1.48. The standard InChI is InChI=1S/C46H55N3O14/c1-29-36(57-7)25-33(40(42(51)58-8)48-41(50)34(23-30-15-11-9-12-16-30)47-44(53)60-27-31-17-13-10-14-18-31)26-37(29)62-38-24-32(19-20-35(38)56-6)39(49-45(54)63-46(2,3)4)43(52)61-28-59-22-21-55-5/h9-20,24-26,34,39-40H,21-23,27-28H2,1-8H3,(H,47,53)(H,48,50)(H,49,54)/t34-,39-,40+/m1/s1. The second kappa shape index (κ2) is 24.0. The van der Waals surface area contributed by atoms with Gasteiger partial charge >= 0.3 is 24.1 Å². The Morgan fingerprint density at radius 1 is 0.619 bits per heavy atom. The van der Waals surface area contributed by atoms with Crippen LogP contribution in [0.1, 0.15) is 60.7 Å². The predicted molar refractivity (Wildman–Crippen MR) is 228 cm³/mol. The Hall–Kier alpha value is -6.85. The molecule has 17 heteroatoms. The molecule has 0 saturated carbocycles. The summed E-state index contributed by atoms with van der Waals surface area (Å²) in [5, 5.41) is 7.91. The zero-order valence-electron chi connectivity index (χ0n) is 36.6. The van der Waals surface area contributed by atoms with Crippen molar-refractivity contribution in [3.05, 3.63) is 119 Å². The van der Waals surface area contributed by atoms with Crippen molar-refractivity contribution >= 4 is 30.0 Å². The molecule has 0 radical (unpaired) electrons. The molecule has 0 heterocycles. The molecule has 0 fully saturated rings. The highest BCUT2D eigenvalue weighted by molar-refractivity contribution is 5.90. The Labute approximate surface area is 366 Å². The molecule has 3 amide bonds. The highest BCUT2D eigenvalue weighted by Gasteiger charge is 2.32. The molecule has 0 aliphatic heterocycles. The second-order valence-corrected chi connectivity index (χ2v) is 14.8. The lowest BCUT2D eigenvalue weighted by atomic mass is 10.0. The molecule has 0 bridgehead atoms. The number of esters is 2. The van der Waals surface area contributed by atoms with E-state index in [0.29, 0.717) is 5.56 Å². The Bertz CT molecular complexity index is 2140. The summed E-state index contributed by atoms with van der Waals surface area (Å²) in [4.78, 5) is 67.0. The second-order valence-electron chi connectivity index (χ2n) is 14.8. The molecule has 0 aromatic heterocycles. The largest absolute Gasteiger partial charge is 0.496 e. The van der Waals surface area contributed by atoms with E-state index in [1.54, 1.807) is 64.1 Å². The monoisotopic (exact) mass is 873 g/mol. The number of amides is 3. The van der Waals surface area contributed by atoms with E-state index in [4.69, 9.17) is 42.6 Å². The van der Waals surface area contributed by atoms with Crippen molar-refractivity contribution in [2.24, 2.45) is 0 Å². The number of alkyl carbamates (subject to hydrolysis) is 2. The fourth-order valence-electron chi connectivity index (χ4n) is 5.93. The van der Waals surface area contributed by atoms with E-state index in [2.05, 4.69) is 16.0 Å². The maximum Gasteiger partial charge on any atom is 0.408 e. The molecule has 3 atom stereocenters. The van der Waals surface area contributed by atoms with Gasteiger partial charge in [0.05, 0.1) is 34.5 Å². The molecule has 0 unspecified atom stereocenters. The molecular weight excluding hydrogens is 819 g/mol. The van der Waals surface area contributed by atoms with Gasteiger partial charge in [-0.2, -0.15) is 0 Å². The summed E-state index contributed by atoms with van der Waals surface area (Å²) < 4.78 is 49.3. The van der Waals surface area contributed by atoms with Gasteiger partial charge in [0, 0.05) is 19.1 Å². The summed E-state index contributed by atoms with van der Waals surface area (Å²) in [7, 11) is 5.49. The summed E-state index contributed by atoms with van der Waals surface area (Å²) >= 11 is 0. The van der Waals surface area contributed by atoms with Crippen LogP contribution in [0.5, 0.6) is 23.0 Å². The SMILES string of the molecule is COCCOCOC(=O)[C@H](NC(=O)OC(C)(C)C)c1ccc(OC)c(Oc2cc([C@H](NC(=O)[C@@H](Cc3ccccc3)NC(=O)OCc3ccccc3)C(=O)OC)cc(OC)c2C)c1. The molecule has 4 rings (SSSR count). The molecule has 63 heavy (non-hydrogen) atoms. The van der Waals surface area contributed by atoms with Crippen molar-refractivity contribution < 1.29 is 66.6 Å². The molecule has 0 saturated heterocycles. The van der Waals surface area contributed by atoms with E-state index in [1.807, 2.05) is 24.3 Å². The number of carbonyl (C=O) groups excluding carboxylic acids is 5. The van der Waals surface area contributed by atoms with Crippen molar-refractivity contribution in [1.29, 1.82) is 0 Å². The average molecular weight is 874 g/mol. The van der Waals surface area contributed by atoms with Crippen LogP contribution in [-0.2, 0) is 55.8 Å². The Morgan fingerprint density at radius 3 is 1.86 bits per heavy atom. The molecule has 4 aromatic carbocycles. The van der Waals surface area contributed by atoms with Crippen molar-refractivity contribution in [2.45, 2.75) is 64.4 Å². The molecule has 0 aliphatic rings. The fraction of sp³-hybridized carbons (Fsp3) is 0.370. The predicted octanol–water partition coefficient (Wildman–Crippen LogP) is 6.40. The third-order valence-electron chi connectivity index (χ3n) is 9.07. The maximum absolute atomic E-state index is 14.1. The van der Waals surface area contributed by atoms with Crippen molar-refractivity contribution in [3.8, 4) is 23.0 Å². The number of nitrogens with one attached hydrogen (secondary N) is 3. The van der Waals surface area contributed by atoms with Crippen molar-refractivity contribution in [2.75, 3.05) is 48.4 Å². The van der Waals surface area contributed by atoms with Crippen LogP contribution in [0, 0.1) is 6.92 Å². The van der Waals surface area contributed by atoms with Crippen LogP contribution in [0.25, 0.3) is 0 Å². The van der Waals surface area contributed by atoms with E-state index >= 15 is 0 Å². The first-order valence-corrected chi connectivity index (χ1v) is 19.8. The highest BCUT2D eigenvalue weighted by Crippen LogP contribution is 2.40. The Balaban J connectivity index is 1.68.